The van der Waals surface area contributed by atoms with Crippen molar-refractivity contribution >= 4 is 54.4 Å². The van der Waals surface area contributed by atoms with Crippen LogP contribution in [0, 0.1) is 0 Å². The van der Waals surface area contributed by atoms with Crippen molar-refractivity contribution in [3.05, 3.63) is 169 Å². The Morgan fingerprint density at radius 3 is 1.72 bits per heavy atom. The van der Waals surface area contributed by atoms with Crippen LogP contribution in [0.4, 0.5) is 0 Å². The van der Waals surface area contributed by atoms with Crippen LogP contribution in [0.2, 0.25) is 0 Å². The molecule has 0 amide bonds. The van der Waals surface area contributed by atoms with Crippen LogP contribution in [-0.2, 0) is 11.8 Å². The zero-order chi connectivity index (χ0) is 31.0. The average Bonchev–Trinajstić information content (AvgIpc) is 3.63. The van der Waals surface area contributed by atoms with Gasteiger partial charge in [0.2, 0.25) is 0 Å². The van der Waals surface area contributed by atoms with Gasteiger partial charge in [-0.25, -0.2) is 0 Å². The summed E-state index contributed by atoms with van der Waals surface area (Å²) in [5.74, 6) is 0. The van der Waals surface area contributed by atoms with Crippen LogP contribution in [0.1, 0.15) is 25.0 Å². The maximum absolute atomic E-state index is 4.49. The zero-order valence-corrected chi connectivity index (χ0v) is 26.2. The van der Waals surface area contributed by atoms with E-state index >= 15 is 0 Å². The van der Waals surface area contributed by atoms with E-state index in [1.165, 1.54) is 76.9 Å². The van der Waals surface area contributed by atoms with Gasteiger partial charge in [-0.15, -0.1) is 0 Å². The lowest BCUT2D eigenvalue weighted by Gasteiger charge is -2.29. The SMILES string of the molecule is C=C1/C=C\C=C/Cc2ccc(-n3c4ccccc4c4ccc5c(ccc6c7ccccc7n(-c7ccccc7)c65)c43)cc2C1(C)C. The minimum atomic E-state index is -0.211. The quantitative estimate of drug-likeness (QED) is 0.190. The Morgan fingerprint density at radius 1 is 0.543 bits per heavy atom. The van der Waals surface area contributed by atoms with Crippen molar-refractivity contribution in [3.8, 4) is 11.4 Å². The molecule has 0 bridgehead atoms. The first-order valence-corrected chi connectivity index (χ1v) is 16.1. The molecule has 0 saturated carbocycles. The molecule has 2 heterocycles. The number of nitrogens with zero attached hydrogens (tertiary/aromatic N) is 2. The van der Waals surface area contributed by atoms with Crippen molar-refractivity contribution in [1.82, 2.24) is 9.13 Å². The molecule has 1 aliphatic rings. The fraction of sp³-hybridized carbons (Fsp3) is 0.0909. The van der Waals surface area contributed by atoms with Gasteiger partial charge in [-0.05, 0) is 59.5 Å². The highest BCUT2D eigenvalue weighted by Gasteiger charge is 2.27. The molecule has 2 nitrogen and oxygen atoms in total. The summed E-state index contributed by atoms with van der Waals surface area (Å²) < 4.78 is 4.93. The van der Waals surface area contributed by atoms with Crippen LogP contribution in [0.5, 0.6) is 0 Å². The van der Waals surface area contributed by atoms with E-state index in [1.807, 2.05) is 0 Å². The highest BCUT2D eigenvalue weighted by atomic mass is 15.0. The van der Waals surface area contributed by atoms with Crippen molar-refractivity contribution in [1.29, 1.82) is 0 Å². The molecule has 9 rings (SSSR count). The number of hydrogen-bond acceptors (Lipinski definition) is 0. The van der Waals surface area contributed by atoms with E-state index in [9.17, 15) is 0 Å². The summed E-state index contributed by atoms with van der Waals surface area (Å²) in [6, 6.07) is 44.8. The highest BCUT2D eigenvalue weighted by molar-refractivity contribution is 6.26. The second-order valence-electron chi connectivity index (χ2n) is 13.0. The molecule has 220 valence electrons. The Balaban J connectivity index is 1.42. The molecule has 0 spiro atoms. The monoisotopic (exact) mass is 590 g/mol. The Kier molecular flexibility index (Phi) is 5.79. The largest absolute Gasteiger partial charge is 0.309 e. The molecule has 46 heavy (non-hydrogen) atoms. The van der Waals surface area contributed by atoms with E-state index in [-0.39, 0.29) is 5.41 Å². The third-order valence-electron chi connectivity index (χ3n) is 10.2. The van der Waals surface area contributed by atoms with E-state index in [4.69, 9.17) is 0 Å². The summed E-state index contributed by atoms with van der Waals surface area (Å²) in [4.78, 5) is 0. The van der Waals surface area contributed by atoms with Crippen LogP contribution in [-0.4, -0.2) is 9.13 Å². The summed E-state index contributed by atoms with van der Waals surface area (Å²) in [7, 11) is 0. The first-order chi connectivity index (χ1) is 22.5. The van der Waals surface area contributed by atoms with Crippen LogP contribution < -0.4 is 0 Å². The van der Waals surface area contributed by atoms with Gasteiger partial charge >= 0.3 is 0 Å². The molecule has 2 heteroatoms. The van der Waals surface area contributed by atoms with E-state index in [2.05, 4.69) is 175 Å². The molecular weight excluding hydrogens is 556 g/mol. The topological polar surface area (TPSA) is 9.86 Å². The van der Waals surface area contributed by atoms with Gasteiger partial charge in [0, 0.05) is 49.1 Å². The molecule has 0 unspecified atom stereocenters. The standard InChI is InChI=1S/C44H34N2/c1-29-14-6-4-7-15-30-22-23-32(28-39(30)44(29,2)3)46-41-21-13-11-19-34(41)36-25-26-37-38(43(36)46)27-24-35-33-18-10-12-20-40(33)45(42(35)37)31-16-8-5-9-17-31/h4-14,16-28H,1,15H2,2-3H3/b7-4-,14-6-. The van der Waals surface area contributed by atoms with Crippen LogP contribution in [0.15, 0.2) is 158 Å². The maximum Gasteiger partial charge on any atom is 0.0620 e. The van der Waals surface area contributed by atoms with Crippen molar-refractivity contribution in [2.75, 3.05) is 0 Å². The predicted molar refractivity (Wildman–Crippen MR) is 197 cm³/mol. The number of hydrogen-bond donors (Lipinski definition) is 0. The Bertz CT molecular complexity index is 2580. The smallest absolute Gasteiger partial charge is 0.0620 e. The number of allylic oxidation sites excluding steroid dienone is 5. The third kappa shape index (κ3) is 3.77. The molecule has 0 saturated heterocycles. The molecule has 8 aromatic rings. The fourth-order valence-corrected chi connectivity index (χ4v) is 7.73. The summed E-state index contributed by atoms with van der Waals surface area (Å²) in [5, 5.41) is 7.57. The summed E-state index contributed by atoms with van der Waals surface area (Å²) in [5.41, 5.74) is 10.8. The van der Waals surface area contributed by atoms with Crippen LogP contribution in [0.25, 0.3) is 65.8 Å². The Hall–Kier alpha value is -5.60. The lowest BCUT2D eigenvalue weighted by molar-refractivity contribution is 0.634. The second kappa shape index (κ2) is 9.95. The summed E-state index contributed by atoms with van der Waals surface area (Å²) in [6.45, 7) is 9.09. The number of fused-ring (bicyclic) bond motifs is 10. The van der Waals surface area contributed by atoms with Gasteiger partial charge in [-0.1, -0.05) is 130 Å². The molecule has 6 aromatic carbocycles. The lowest BCUT2D eigenvalue weighted by Crippen LogP contribution is -2.21. The third-order valence-corrected chi connectivity index (χ3v) is 10.2. The fourth-order valence-electron chi connectivity index (χ4n) is 7.73. The summed E-state index contributed by atoms with van der Waals surface area (Å²) in [6.07, 6.45) is 9.55. The minimum Gasteiger partial charge on any atom is -0.309 e. The average molecular weight is 591 g/mol. The Morgan fingerprint density at radius 2 is 1.09 bits per heavy atom. The molecular formula is C44H34N2. The number of rotatable bonds is 2. The molecule has 1 aliphatic carbocycles. The van der Waals surface area contributed by atoms with Gasteiger partial charge in [-0.3, -0.25) is 0 Å². The first kappa shape index (κ1) is 26.8. The molecule has 0 radical (unpaired) electrons. The van der Waals surface area contributed by atoms with E-state index in [0.29, 0.717) is 0 Å². The summed E-state index contributed by atoms with van der Waals surface area (Å²) >= 11 is 0. The van der Waals surface area contributed by atoms with E-state index in [0.717, 1.165) is 12.0 Å². The predicted octanol–water partition coefficient (Wildman–Crippen LogP) is 11.5. The lowest BCUT2D eigenvalue weighted by atomic mass is 9.75. The normalized spacial score (nSPS) is 16.1. The van der Waals surface area contributed by atoms with Gasteiger partial charge < -0.3 is 9.13 Å². The maximum atomic E-state index is 4.49. The highest BCUT2D eigenvalue weighted by Crippen LogP contribution is 2.43. The number of para-hydroxylation sites is 3. The molecule has 0 atom stereocenters. The molecule has 0 aliphatic heterocycles. The Labute approximate surface area is 268 Å². The van der Waals surface area contributed by atoms with Gasteiger partial charge in [0.15, 0.2) is 0 Å². The van der Waals surface area contributed by atoms with Gasteiger partial charge in [0.05, 0.1) is 22.1 Å². The van der Waals surface area contributed by atoms with Crippen molar-refractivity contribution in [2.45, 2.75) is 25.7 Å². The number of aromatic nitrogens is 2. The second-order valence-corrected chi connectivity index (χ2v) is 13.0. The van der Waals surface area contributed by atoms with Gasteiger partial charge in [0.1, 0.15) is 0 Å². The van der Waals surface area contributed by atoms with Gasteiger partial charge in [0.25, 0.3) is 0 Å². The van der Waals surface area contributed by atoms with Crippen molar-refractivity contribution < 1.29 is 0 Å². The molecule has 0 fully saturated rings. The van der Waals surface area contributed by atoms with Crippen LogP contribution in [0.3, 0.4) is 0 Å². The van der Waals surface area contributed by atoms with Crippen LogP contribution >= 0.6 is 0 Å². The zero-order valence-electron chi connectivity index (χ0n) is 26.2. The van der Waals surface area contributed by atoms with Crippen molar-refractivity contribution in [2.24, 2.45) is 0 Å². The number of benzene rings is 6. The molecule has 0 N–H and O–H groups in total. The van der Waals surface area contributed by atoms with E-state index < -0.39 is 0 Å². The molecule has 2 aromatic heterocycles. The van der Waals surface area contributed by atoms with Crippen molar-refractivity contribution in [3.63, 3.8) is 0 Å². The van der Waals surface area contributed by atoms with Gasteiger partial charge in [-0.2, -0.15) is 0 Å². The first-order valence-electron chi connectivity index (χ1n) is 16.1. The van der Waals surface area contributed by atoms with E-state index in [1.54, 1.807) is 0 Å². The minimum absolute atomic E-state index is 0.211.